The van der Waals surface area contributed by atoms with Gasteiger partial charge in [-0.3, -0.25) is 0 Å². The summed E-state index contributed by atoms with van der Waals surface area (Å²) in [5.74, 6) is -0.981. The molecule has 0 amide bonds. The molecule has 3 nitrogen and oxygen atoms in total. The van der Waals surface area contributed by atoms with Crippen molar-refractivity contribution in [3.8, 4) is 0 Å². The molecular weight excluding hydrogens is 151 g/mol. The summed E-state index contributed by atoms with van der Waals surface area (Å²) in [6, 6.07) is 0. The third-order valence-corrected chi connectivity index (χ3v) is 0.945. The summed E-state index contributed by atoms with van der Waals surface area (Å²) in [5, 5.41) is 15.7. The highest BCUT2D eigenvalue weighted by Gasteiger charge is 1.73. The maximum Gasteiger partial charge on any atom is 0.327 e. The van der Waals surface area contributed by atoms with Gasteiger partial charge in [0.05, 0.1) is 0 Å². The fraction of sp³-hybridized carbons (Fsp3) is 0.500. The van der Waals surface area contributed by atoms with E-state index in [2.05, 4.69) is 15.8 Å². The van der Waals surface area contributed by atoms with Crippen LogP contribution in [0.4, 0.5) is 0 Å². The van der Waals surface area contributed by atoms with E-state index in [-0.39, 0.29) is 0 Å². The maximum atomic E-state index is 9.25. The van der Waals surface area contributed by atoms with Crippen LogP contribution in [0.25, 0.3) is 0 Å². The molecule has 0 aliphatic carbocycles. The van der Waals surface area contributed by atoms with E-state index < -0.39 is 5.97 Å². The Bertz CT molecular complexity index is 91.0. The van der Waals surface area contributed by atoms with E-state index >= 15 is 0 Å². The van der Waals surface area contributed by atoms with E-state index in [1.54, 1.807) is 0 Å². The monoisotopic (exact) mass is 164 g/mol. The summed E-state index contributed by atoms with van der Waals surface area (Å²) in [6.07, 6.45) is 2.75. The average Bonchev–Trinajstić information content (AvgIpc) is 1.91. The van der Waals surface area contributed by atoms with Crippen molar-refractivity contribution in [3.05, 3.63) is 12.7 Å². The number of aliphatic carboxylic acids is 1. The Kier molecular flexibility index (Phi) is 14.0. The van der Waals surface area contributed by atoms with E-state index in [1.165, 1.54) is 0 Å². The summed E-state index contributed by atoms with van der Waals surface area (Å²) in [5.41, 5.74) is 0. The van der Waals surface area contributed by atoms with Crippen molar-refractivity contribution in [1.29, 1.82) is 0 Å². The van der Waals surface area contributed by atoms with Crippen LogP contribution in [0.1, 0.15) is 6.42 Å². The second-order valence-electron chi connectivity index (χ2n) is 1.41. The molecule has 0 heterocycles. The molecule has 0 rings (SSSR count). The van der Waals surface area contributed by atoms with Gasteiger partial charge in [-0.05, 0) is 12.6 Å². The molecule has 0 radical (unpaired) electrons. The smallest absolute Gasteiger partial charge is 0.327 e. The van der Waals surface area contributed by atoms with Gasteiger partial charge >= 0.3 is 5.97 Å². The van der Waals surface area contributed by atoms with E-state index in [0.717, 1.165) is 18.7 Å². The van der Waals surface area contributed by atoms with Crippen molar-refractivity contribution in [2.24, 2.45) is 0 Å². The number of hydrogen-bond donors (Lipinski definition) is 2. The Balaban J connectivity index is 0. The zero-order valence-corrected chi connectivity index (χ0v) is 6.94. The van der Waals surface area contributed by atoms with E-state index in [1.807, 2.05) is 0 Å². The van der Waals surface area contributed by atoms with Crippen molar-refractivity contribution in [2.45, 2.75) is 6.42 Å². The molecule has 0 fully saturated rings. The molecular formula is C6H13O3P. The lowest BCUT2D eigenvalue weighted by Crippen LogP contribution is -1.82. The first kappa shape index (κ1) is 12.3. The zero-order valence-electron chi connectivity index (χ0n) is 5.79. The Hall–Kier alpha value is -0.400. The van der Waals surface area contributed by atoms with Crippen molar-refractivity contribution in [3.63, 3.8) is 0 Å². The summed E-state index contributed by atoms with van der Waals surface area (Å²) in [4.78, 5) is 9.25. The Morgan fingerprint density at radius 3 is 2.10 bits per heavy atom. The number of carboxylic acids is 1. The predicted molar refractivity (Wildman–Crippen MR) is 44.1 cm³/mol. The lowest BCUT2D eigenvalue weighted by Gasteiger charge is -1.79. The van der Waals surface area contributed by atoms with Crippen LogP contribution >= 0.6 is 9.24 Å². The first-order valence-corrected chi connectivity index (χ1v) is 3.67. The second kappa shape index (κ2) is 11.4. The van der Waals surface area contributed by atoms with Gasteiger partial charge in [0.2, 0.25) is 0 Å². The van der Waals surface area contributed by atoms with Crippen LogP contribution < -0.4 is 0 Å². The number of hydrogen-bond acceptors (Lipinski definition) is 2. The molecule has 4 heteroatoms. The van der Waals surface area contributed by atoms with Gasteiger partial charge in [-0.2, -0.15) is 0 Å². The molecule has 0 aliphatic rings. The third kappa shape index (κ3) is 25.5. The summed E-state index contributed by atoms with van der Waals surface area (Å²) < 4.78 is 0. The molecule has 1 unspecified atom stereocenters. The van der Waals surface area contributed by atoms with Gasteiger partial charge < -0.3 is 10.2 Å². The SMILES string of the molecule is C=CC(=O)O.OCCCP. The Labute approximate surface area is 63.0 Å². The quantitative estimate of drug-likeness (QED) is 0.471. The van der Waals surface area contributed by atoms with Crippen molar-refractivity contribution >= 4 is 15.2 Å². The zero-order chi connectivity index (χ0) is 8.41. The Morgan fingerprint density at radius 1 is 1.70 bits per heavy atom. The molecule has 0 aliphatic heterocycles. The third-order valence-electron chi connectivity index (χ3n) is 0.537. The van der Waals surface area contributed by atoms with E-state index in [4.69, 9.17) is 10.2 Å². The van der Waals surface area contributed by atoms with Crippen LogP contribution in [0.3, 0.4) is 0 Å². The van der Waals surface area contributed by atoms with Gasteiger partial charge in [-0.25, -0.2) is 4.79 Å². The second-order valence-corrected chi connectivity index (χ2v) is 1.99. The van der Waals surface area contributed by atoms with Crippen LogP contribution in [0.2, 0.25) is 0 Å². The topological polar surface area (TPSA) is 57.5 Å². The fourth-order valence-corrected chi connectivity index (χ4v) is 0.274. The molecule has 10 heavy (non-hydrogen) atoms. The minimum Gasteiger partial charge on any atom is -0.478 e. The fourth-order valence-electron chi connectivity index (χ4n) is 0.0913. The van der Waals surface area contributed by atoms with Gasteiger partial charge in [-0.1, -0.05) is 6.58 Å². The van der Waals surface area contributed by atoms with E-state index in [9.17, 15) is 4.79 Å². The highest BCUT2D eigenvalue weighted by atomic mass is 31.0. The van der Waals surface area contributed by atoms with Crippen LogP contribution in [-0.4, -0.2) is 29.0 Å². The molecule has 0 aromatic carbocycles. The molecule has 0 aromatic heterocycles. The number of carbonyl (C=O) groups is 1. The minimum absolute atomic E-state index is 0.323. The van der Waals surface area contributed by atoms with Crippen molar-refractivity contribution in [1.82, 2.24) is 0 Å². The molecule has 0 saturated heterocycles. The highest BCUT2D eigenvalue weighted by molar-refractivity contribution is 7.16. The number of carboxylic acid groups (broad SMARTS) is 1. The van der Waals surface area contributed by atoms with E-state index in [0.29, 0.717) is 6.61 Å². The molecule has 0 aromatic rings. The van der Waals surface area contributed by atoms with Crippen LogP contribution in [0.15, 0.2) is 12.7 Å². The van der Waals surface area contributed by atoms with Gasteiger partial charge in [-0.15, -0.1) is 9.24 Å². The van der Waals surface area contributed by atoms with Gasteiger partial charge in [0, 0.05) is 12.7 Å². The molecule has 0 bridgehead atoms. The maximum absolute atomic E-state index is 9.25. The van der Waals surface area contributed by atoms with Crippen LogP contribution in [-0.2, 0) is 4.79 Å². The minimum atomic E-state index is -0.981. The number of aliphatic hydroxyl groups excluding tert-OH is 1. The predicted octanol–water partition coefficient (Wildman–Crippen LogP) is 0.501. The summed E-state index contributed by atoms with van der Waals surface area (Å²) >= 11 is 0. The molecule has 0 saturated carbocycles. The normalized spacial score (nSPS) is 7.40. The lowest BCUT2D eigenvalue weighted by molar-refractivity contribution is -0.131. The lowest BCUT2D eigenvalue weighted by atomic mass is 10.5. The standard InChI is InChI=1S/C3H4O2.C3H9OP/c1-2-3(4)5;4-2-1-3-5/h2H,1H2,(H,4,5);4H,1-3,5H2. The largest absolute Gasteiger partial charge is 0.478 e. The highest BCUT2D eigenvalue weighted by Crippen LogP contribution is 1.82. The number of rotatable bonds is 3. The van der Waals surface area contributed by atoms with Crippen molar-refractivity contribution < 1.29 is 15.0 Å². The number of aliphatic hydroxyl groups is 1. The first-order chi connectivity index (χ1) is 4.68. The molecule has 1 atom stereocenters. The van der Waals surface area contributed by atoms with Gasteiger partial charge in [0.15, 0.2) is 0 Å². The molecule has 60 valence electrons. The summed E-state index contributed by atoms with van der Waals surface area (Å²) in [7, 11) is 2.54. The first-order valence-electron chi connectivity index (χ1n) is 2.85. The van der Waals surface area contributed by atoms with Gasteiger partial charge in [0.25, 0.3) is 0 Å². The van der Waals surface area contributed by atoms with Crippen LogP contribution in [0.5, 0.6) is 0 Å². The average molecular weight is 164 g/mol. The molecule has 2 N–H and O–H groups in total. The van der Waals surface area contributed by atoms with Gasteiger partial charge in [0.1, 0.15) is 0 Å². The summed E-state index contributed by atoms with van der Waals surface area (Å²) in [6.45, 7) is 3.28. The Morgan fingerprint density at radius 2 is 2.10 bits per heavy atom. The van der Waals surface area contributed by atoms with Crippen molar-refractivity contribution in [2.75, 3.05) is 12.8 Å². The molecule has 0 spiro atoms. The van der Waals surface area contributed by atoms with Crippen LogP contribution in [0, 0.1) is 0 Å².